The molecule has 122 valence electrons. The van der Waals surface area contributed by atoms with Crippen LogP contribution >= 0.6 is 0 Å². The van der Waals surface area contributed by atoms with Crippen molar-refractivity contribution < 1.29 is 0 Å². The van der Waals surface area contributed by atoms with Gasteiger partial charge in [-0.1, -0.05) is 59.7 Å². The van der Waals surface area contributed by atoms with Gasteiger partial charge in [0.05, 0.1) is 16.6 Å². The van der Waals surface area contributed by atoms with Crippen LogP contribution in [0.5, 0.6) is 0 Å². The third kappa shape index (κ3) is 2.74. The summed E-state index contributed by atoms with van der Waals surface area (Å²) < 4.78 is 1.70. The first-order valence-corrected chi connectivity index (χ1v) is 8.29. The molecule has 0 saturated carbocycles. The van der Waals surface area contributed by atoms with Gasteiger partial charge in [-0.3, -0.25) is 9.36 Å². The van der Waals surface area contributed by atoms with Gasteiger partial charge < -0.3 is 0 Å². The van der Waals surface area contributed by atoms with Gasteiger partial charge >= 0.3 is 0 Å². The van der Waals surface area contributed by atoms with Crippen LogP contribution in [-0.4, -0.2) is 9.55 Å². The van der Waals surface area contributed by atoms with Crippen LogP contribution in [0.15, 0.2) is 77.6 Å². The Labute approximate surface area is 146 Å². The zero-order chi connectivity index (χ0) is 17.4. The molecule has 4 rings (SSSR count). The molecule has 0 aliphatic heterocycles. The van der Waals surface area contributed by atoms with Gasteiger partial charge in [0.25, 0.3) is 5.56 Å². The van der Waals surface area contributed by atoms with Crippen LogP contribution in [0.1, 0.15) is 11.1 Å². The molecule has 0 spiro atoms. The van der Waals surface area contributed by atoms with Gasteiger partial charge in [-0.2, -0.15) is 0 Å². The van der Waals surface area contributed by atoms with E-state index in [0.29, 0.717) is 11.2 Å². The molecule has 1 heterocycles. The van der Waals surface area contributed by atoms with E-state index in [2.05, 4.69) is 0 Å². The number of aromatic nitrogens is 2. The van der Waals surface area contributed by atoms with E-state index in [4.69, 9.17) is 4.98 Å². The monoisotopic (exact) mass is 326 g/mol. The summed E-state index contributed by atoms with van der Waals surface area (Å²) in [5.74, 6) is 0.658. The third-order valence-electron chi connectivity index (χ3n) is 4.35. The highest BCUT2D eigenvalue weighted by molar-refractivity contribution is 5.81. The van der Waals surface area contributed by atoms with E-state index in [1.807, 2.05) is 86.6 Å². The summed E-state index contributed by atoms with van der Waals surface area (Å²) in [4.78, 5) is 18.1. The van der Waals surface area contributed by atoms with Gasteiger partial charge in [0.15, 0.2) is 0 Å². The number of benzene rings is 3. The van der Waals surface area contributed by atoms with Gasteiger partial charge in [-0.25, -0.2) is 4.98 Å². The minimum atomic E-state index is -0.0450. The Hall–Kier alpha value is -3.20. The normalized spacial score (nSPS) is 11.0. The molecule has 0 fully saturated rings. The maximum Gasteiger partial charge on any atom is 0.266 e. The Morgan fingerprint density at radius 2 is 1.48 bits per heavy atom. The quantitative estimate of drug-likeness (QED) is 0.536. The second kappa shape index (κ2) is 6.02. The van der Waals surface area contributed by atoms with E-state index in [0.717, 1.165) is 27.9 Å². The van der Waals surface area contributed by atoms with E-state index in [1.54, 1.807) is 4.57 Å². The maximum atomic E-state index is 13.3. The largest absolute Gasteiger partial charge is 0.268 e. The van der Waals surface area contributed by atoms with Gasteiger partial charge in [0, 0.05) is 5.56 Å². The Balaban J connectivity index is 2.12. The molecule has 3 nitrogen and oxygen atoms in total. The lowest BCUT2D eigenvalue weighted by Crippen LogP contribution is -2.22. The summed E-state index contributed by atoms with van der Waals surface area (Å²) in [7, 11) is 0. The van der Waals surface area contributed by atoms with Crippen molar-refractivity contribution in [1.82, 2.24) is 9.55 Å². The van der Waals surface area contributed by atoms with Crippen molar-refractivity contribution in [3.63, 3.8) is 0 Å². The molecule has 0 unspecified atom stereocenters. The Bertz CT molecular complexity index is 1110. The second-order valence-corrected chi connectivity index (χ2v) is 6.30. The van der Waals surface area contributed by atoms with Crippen LogP contribution < -0.4 is 5.56 Å². The molecule has 1 aromatic heterocycles. The van der Waals surface area contributed by atoms with E-state index in [9.17, 15) is 4.79 Å². The van der Waals surface area contributed by atoms with Gasteiger partial charge in [-0.05, 0) is 38.1 Å². The van der Waals surface area contributed by atoms with E-state index < -0.39 is 0 Å². The molecule has 0 atom stereocenters. The fourth-order valence-corrected chi connectivity index (χ4v) is 3.01. The standard InChI is InChI=1S/C22H18N2O/c1-15-8-11-18(12-9-15)24-21(17-6-4-3-5-7-17)23-20-13-10-16(2)14-19(20)22(24)25/h3-14H,1-2H3. The summed E-state index contributed by atoms with van der Waals surface area (Å²) >= 11 is 0. The molecule has 0 bridgehead atoms. The molecule has 0 radical (unpaired) electrons. The summed E-state index contributed by atoms with van der Waals surface area (Å²) in [6.07, 6.45) is 0. The second-order valence-electron chi connectivity index (χ2n) is 6.30. The Morgan fingerprint density at radius 3 is 2.20 bits per heavy atom. The molecule has 3 heteroatoms. The average Bonchev–Trinajstić information content (AvgIpc) is 2.64. The molecule has 25 heavy (non-hydrogen) atoms. The smallest absolute Gasteiger partial charge is 0.266 e. The summed E-state index contributed by atoms with van der Waals surface area (Å²) in [6.45, 7) is 4.02. The highest BCUT2D eigenvalue weighted by Gasteiger charge is 2.14. The zero-order valence-corrected chi connectivity index (χ0v) is 14.2. The highest BCUT2D eigenvalue weighted by Crippen LogP contribution is 2.22. The maximum absolute atomic E-state index is 13.3. The van der Waals surface area contributed by atoms with E-state index in [1.165, 1.54) is 0 Å². The number of fused-ring (bicyclic) bond motifs is 1. The predicted octanol–water partition coefficient (Wildman–Crippen LogP) is 4.67. The van der Waals surface area contributed by atoms with Gasteiger partial charge in [0.2, 0.25) is 0 Å². The molecule has 0 N–H and O–H groups in total. The Kier molecular flexibility index (Phi) is 3.69. The molecule has 0 aliphatic rings. The fraction of sp³-hybridized carbons (Fsp3) is 0.0909. The number of aryl methyl sites for hydroxylation is 2. The number of hydrogen-bond donors (Lipinski definition) is 0. The van der Waals surface area contributed by atoms with Crippen LogP contribution in [0.25, 0.3) is 28.0 Å². The number of nitrogens with zero attached hydrogens (tertiary/aromatic N) is 2. The van der Waals surface area contributed by atoms with Gasteiger partial charge in [-0.15, -0.1) is 0 Å². The van der Waals surface area contributed by atoms with Crippen molar-refractivity contribution in [3.8, 4) is 17.1 Å². The first kappa shape index (κ1) is 15.3. The van der Waals surface area contributed by atoms with Crippen LogP contribution in [0.4, 0.5) is 0 Å². The predicted molar refractivity (Wildman–Crippen MR) is 102 cm³/mol. The third-order valence-corrected chi connectivity index (χ3v) is 4.35. The lowest BCUT2D eigenvalue weighted by Gasteiger charge is -2.14. The topological polar surface area (TPSA) is 34.9 Å². The molecule has 4 aromatic rings. The van der Waals surface area contributed by atoms with Crippen molar-refractivity contribution in [1.29, 1.82) is 0 Å². The minimum Gasteiger partial charge on any atom is -0.268 e. The molecule has 3 aromatic carbocycles. The van der Waals surface area contributed by atoms with Crippen molar-refractivity contribution in [2.75, 3.05) is 0 Å². The molecule has 0 amide bonds. The van der Waals surface area contributed by atoms with E-state index >= 15 is 0 Å². The molecular weight excluding hydrogens is 308 g/mol. The van der Waals surface area contributed by atoms with Crippen molar-refractivity contribution in [3.05, 3.63) is 94.3 Å². The summed E-state index contributed by atoms with van der Waals surface area (Å²) in [5, 5.41) is 0.639. The summed E-state index contributed by atoms with van der Waals surface area (Å²) in [6, 6.07) is 23.6. The van der Waals surface area contributed by atoms with Crippen LogP contribution in [0.3, 0.4) is 0 Å². The van der Waals surface area contributed by atoms with Crippen molar-refractivity contribution in [2.24, 2.45) is 0 Å². The lowest BCUT2D eigenvalue weighted by molar-refractivity contribution is 0.974. The van der Waals surface area contributed by atoms with E-state index in [-0.39, 0.29) is 5.56 Å². The molecular formula is C22H18N2O. The van der Waals surface area contributed by atoms with Crippen molar-refractivity contribution >= 4 is 10.9 Å². The first-order valence-electron chi connectivity index (χ1n) is 8.29. The summed E-state index contributed by atoms with van der Waals surface area (Å²) in [5.41, 5.74) is 4.62. The highest BCUT2D eigenvalue weighted by atomic mass is 16.1. The SMILES string of the molecule is Cc1ccc(-n2c(-c3ccccc3)nc3ccc(C)cc3c2=O)cc1. The fourth-order valence-electron chi connectivity index (χ4n) is 3.01. The number of rotatable bonds is 2. The lowest BCUT2D eigenvalue weighted by atomic mass is 10.1. The van der Waals surface area contributed by atoms with Crippen LogP contribution in [0, 0.1) is 13.8 Å². The molecule has 0 aliphatic carbocycles. The number of hydrogen-bond acceptors (Lipinski definition) is 2. The van der Waals surface area contributed by atoms with Crippen LogP contribution in [-0.2, 0) is 0 Å². The van der Waals surface area contributed by atoms with Gasteiger partial charge in [0.1, 0.15) is 5.82 Å². The minimum absolute atomic E-state index is 0.0450. The zero-order valence-electron chi connectivity index (χ0n) is 14.2. The van der Waals surface area contributed by atoms with Crippen LogP contribution in [0.2, 0.25) is 0 Å². The Morgan fingerprint density at radius 1 is 0.800 bits per heavy atom. The first-order chi connectivity index (χ1) is 12.1. The average molecular weight is 326 g/mol. The van der Waals surface area contributed by atoms with Crippen molar-refractivity contribution in [2.45, 2.75) is 13.8 Å². The molecule has 0 saturated heterocycles.